The second-order valence-corrected chi connectivity index (χ2v) is 1.98. The lowest BCUT2D eigenvalue weighted by Gasteiger charge is -2.06. The van der Waals surface area contributed by atoms with Gasteiger partial charge in [0.1, 0.15) is 0 Å². The minimum Gasteiger partial charge on any atom is -0.347 e. The Labute approximate surface area is 52.8 Å². The summed E-state index contributed by atoms with van der Waals surface area (Å²) in [5.41, 5.74) is 15.9. The van der Waals surface area contributed by atoms with Gasteiger partial charge in [0, 0.05) is 0 Å². The van der Waals surface area contributed by atoms with Crippen molar-refractivity contribution >= 4 is 0 Å². The van der Waals surface area contributed by atoms with E-state index in [0.717, 1.165) is 0 Å². The quantitative estimate of drug-likeness (QED) is 0.254. The third kappa shape index (κ3) is 0.796. The molecule has 7 N–H and O–H groups in total. The fourth-order valence-corrected chi connectivity index (χ4v) is 0.535. The lowest BCUT2D eigenvalue weighted by molar-refractivity contribution is 0.255. The number of hydrogen-bond acceptors (Lipinski definition) is 5. The van der Waals surface area contributed by atoms with Gasteiger partial charge in [-0.25, -0.2) is 0 Å². The Morgan fingerprint density at radius 2 is 1.89 bits per heavy atom. The van der Waals surface area contributed by atoms with Crippen LogP contribution in [0.3, 0.4) is 0 Å². The molecule has 0 amide bonds. The highest BCUT2D eigenvalue weighted by Gasteiger charge is 2.64. The number of rotatable bonds is 2. The van der Waals surface area contributed by atoms with Crippen LogP contribution in [-0.4, -0.2) is 11.7 Å². The lowest BCUT2D eigenvalue weighted by atomic mass is 10.4. The van der Waals surface area contributed by atoms with Crippen molar-refractivity contribution in [3.8, 4) is 0 Å². The Bertz CT molecular complexity index is 146. The first-order valence-electron chi connectivity index (χ1n) is 2.47. The van der Waals surface area contributed by atoms with Gasteiger partial charge in [0.2, 0.25) is 5.85 Å². The Morgan fingerprint density at radius 1 is 1.44 bits per heavy atom. The van der Waals surface area contributed by atoms with Crippen LogP contribution in [0.5, 0.6) is 0 Å². The molecule has 0 saturated carbocycles. The largest absolute Gasteiger partial charge is 0.347 e. The Balaban J connectivity index is 2.52. The van der Waals surface area contributed by atoms with E-state index in [0.29, 0.717) is 0 Å². The van der Waals surface area contributed by atoms with Crippen molar-refractivity contribution in [3.63, 3.8) is 0 Å². The first kappa shape index (κ1) is 6.50. The van der Waals surface area contributed by atoms with Gasteiger partial charge in [-0.05, 0) is 6.20 Å². The SMILES string of the molecule is C=CNC1(N)OC1(N)N. The van der Waals surface area contributed by atoms with E-state index in [2.05, 4.69) is 16.6 Å². The Morgan fingerprint density at radius 3 is 2.00 bits per heavy atom. The van der Waals surface area contributed by atoms with Crippen molar-refractivity contribution in [2.75, 3.05) is 0 Å². The van der Waals surface area contributed by atoms with E-state index in [-0.39, 0.29) is 0 Å². The van der Waals surface area contributed by atoms with E-state index < -0.39 is 11.7 Å². The van der Waals surface area contributed by atoms with Crippen LogP contribution < -0.4 is 22.5 Å². The molecule has 9 heavy (non-hydrogen) atoms. The Hall–Kier alpha value is -0.620. The molecule has 1 saturated heterocycles. The number of ether oxygens (including phenoxy) is 1. The molecule has 0 aromatic heterocycles. The van der Waals surface area contributed by atoms with Crippen LogP contribution in [0.25, 0.3) is 0 Å². The Kier molecular flexibility index (Phi) is 1.05. The molecule has 1 aliphatic heterocycles. The molecule has 0 bridgehead atoms. The number of epoxide rings is 1. The van der Waals surface area contributed by atoms with Gasteiger partial charge >= 0.3 is 0 Å². The molecular formula is C4H10N4O. The molecule has 5 heteroatoms. The lowest BCUT2D eigenvalue weighted by Crippen LogP contribution is -2.54. The maximum atomic E-state index is 5.38. The maximum Gasteiger partial charge on any atom is 0.254 e. The van der Waals surface area contributed by atoms with Crippen molar-refractivity contribution in [1.82, 2.24) is 5.32 Å². The first-order chi connectivity index (χ1) is 4.02. The van der Waals surface area contributed by atoms with E-state index >= 15 is 0 Å². The molecule has 1 unspecified atom stereocenters. The summed E-state index contributed by atoms with van der Waals surface area (Å²) in [4.78, 5) is 0. The normalized spacial score (nSPS) is 37.7. The van der Waals surface area contributed by atoms with Gasteiger partial charge in [0.25, 0.3) is 5.85 Å². The van der Waals surface area contributed by atoms with Gasteiger partial charge < -0.3 is 5.32 Å². The fourth-order valence-electron chi connectivity index (χ4n) is 0.535. The summed E-state index contributed by atoms with van der Waals surface area (Å²) >= 11 is 0. The molecule has 0 radical (unpaired) electrons. The third-order valence-corrected chi connectivity index (χ3v) is 1.19. The van der Waals surface area contributed by atoms with Gasteiger partial charge in [0.15, 0.2) is 0 Å². The molecule has 0 aliphatic carbocycles. The second kappa shape index (κ2) is 1.45. The van der Waals surface area contributed by atoms with E-state index in [4.69, 9.17) is 17.2 Å². The molecule has 1 atom stereocenters. The van der Waals surface area contributed by atoms with E-state index in [1.807, 2.05) is 0 Å². The zero-order valence-electron chi connectivity index (χ0n) is 4.92. The highest BCUT2D eigenvalue weighted by molar-refractivity contribution is 5.03. The first-order valence-corrected chi connectivity index (χ1v) is 2.47. The van der Waals surface area contributed by atoms with E-state index in [1.54, 1.807) is 0 Å². The summed E-state index contributed by atoms with van der Waals surface area (Å²) in [7, 11) is 0. The molecule has 0 aromatic carbocycles. The molecule has 0 aromatic rings. The molecule has 52 valence electrons. The van der Waals surface area contributed by atoms with Crippen molar-refractivity contribution in [2.24, 2.45) is 17.2 Å². The van der Waals surface area contributed by atoms with E-state index in [9.17, 15) is 0 Å². The van der Waals surface area contributed by atoms with Crippen LogP contribution in [0.15, 0.2) is 12.8 Å². The average molecular weight is 130 g/mol. The molecule has 1 fully saturated rings. The van der Waals surface area contributed by atoms with Gasteiger partial charge in [-0.2, -0.15) is 0 Å². The van der Waals surface area contributed by atoms with Crippen molar-refractivity contribution in [1.29, 1.82) is 0 Å². The van der Waals surface area contributed by atoms with Crippen LogP contribution in [0.2, 0.25) is 0 Å². The monoisotopic (exact) mass is 130 g/mol. The number of nitrogens with one attached hydrogen (secondary N) is 1. The van der Waals surface area contributed by atoms with Crippen molar-refractivity contribution in [2.45, 2.75) is 11.7 Å². The molecule has 0 spiro atoms. The summed E-state index contributed by atoms with van der Waals surface area (Å²) in [5, 5.41) is 2.56. The van der Waals surface area contributed by atoms with Crippen LogP contribution in [0, 0.1) is 0 Å². The molecule has 5 nitrogen and oxygen atoms in total. The highest BCUT2D eigenvalue weighted by Crippen LogP contribution is 2.30. The van der Waals surface area contributed by atoms with E-state index in [1.165, 1.54) is 6.20 Å². The topological polar surface area (TPSA) is 103 Å². The second-order valence-electron chi connectivity index (χ2n) is 1.98. The van der Waals surface area contributed by atoms with Crippen LogP contribution in [-0.2, 0) is 4.74 Å². The molecule has 1 heterocycles. The zero-order chi connectivity index (χ0) is 7.12. The van der Waals surface area contributed by atoms with Crippen molar-refractivity contribution in [3.05, 3.63) is 12.8 Å². The molecular weight excluding hydrogens is 120 g/mol. The van der Waals surface area contributed by atoms with Gasteiger partial charge in [-0.1, -0.05) is 6.58 Å². The number of hydrogen-bond donors (Lipinski definition) is 4. The standard InChI is InChI=1S/C4H10N4O/c1-2-8-4(7)3(5,6)9-4/h2,8H,1,5-7H2. The summed E-state index contributed by atoms with van der Waals surface area (Å²) in [6, 6.07) is 0. The van der Waals surface area contributed by atoms with Crippen LogP contribution >= 0.6 is 0 Å². The summed E-state index contributed by atoms with van der Waals surface area (Å²) in [5.74, 6) is -2.37. The fraction of sp³-hybridized carbons (Fsp3) is 0.500. The van der Waals surface area contributed by atoms with Gasteiger partial charge in [-0.15, -0.1) is 0 Å². The number of nitrogens with two attached hydrogens (primary N) is 3. The third-order valence-electron chi connectivity index (χ3n) is 1.19. The average Bonchev–Trinajstić information content (AvgIpc) is 2.07. The molecule has 1 rings (SSSR count). The summed E-state index contributed by atoms with van der Waals surface area (Å²) in [6.07, 6.45) is 1.38. The summed E-state index contributed by atoms with van der Waals surface area (Å²) < 4.78 is 4.68. The highest BCUT2D eigenvalue weighted by atomic mass is 16.7. The molecule has 1 aliphatic rings. The maximum absolute atomic E-state index is 5.38. The van der Waals surface area contributed by atoms with Crippen molar-refractivity contribution < 1.29 is 4.74 Å². The van der Waals surface area contributed by atoms with Gasteiger partial charge in [0.05, 0.1) is 0 Å². The zero-order valence-corrected chi connectivity index (χ0v) is 4.92. The minimum absolute atomic E-state index is 1.12. The predicted molar refractivity (Wildman–Crippen MR) is 32.4 cm³/mol. The summed E-state index contributed by atoms with van der Waals surface area (Å²) in [6.45, 7) is 3.37. The van der Waals surface area contributed by atoms with Gasteiger partial charge in [-0.3, -0.25) is 21.9 Å². The van der Waals surface area contributed by atoms with Crippen LogP contribution in [0.1, 0.15) is 0 Å². The minimum atomic E-state index is -1.25. The smallest absolute Gasteiger partial charge is 0.254 e. The van der Waals surface area contributed by atoms with Crippen LogP contribution in [0.4, 0.5) is 0 Å². The predicted octanol–water partition coefficient (Wildman–Crippen LogP) is -2.07.